The van der Waals surface area contributed by atoms with Crippen molar-refractivity contribution in [2.45, 2.75) is 19.4 Å². The van der Waals surface area contributed by atoms with Crippen LogP contribution in [0, 0.1) is 6.92 Å². The second kappa shape index (κ2) is 6.12. The number of nitrogens with zero attached hydrogens (tertiary/aromatic N) is 1. The largest absolute Gasteiger partial charge is 0.311 e. The molecule has 1 aromatic carbocycles. The van der Waals surface area contributed by atoms with E-state index in [1.807, 2.05) is 25.4 Å². The fourth-order valence-electron chi connectivity index (χ4n) is 1.95. The Kier molecular flexibility index (Phi) is 4.50. The smallest absolute Gasteiger partial charge is 0.0718 e. The minimum atomic E-state index is 0.225. The van der Waals surface area contributed by atoms with Crippen molar-refractivity contribution in [1.29, 1.82) is 0 Å². The van der Waals surface area contributed by atoms with Crippen LogP contribution in [0.2, 0.25) is 0 Å². The molecule has 1 atom stereocenters. The minimum Gasteiger partial charge on any atom is -0.311 e. The number of nitrogens with one attached hydrogen (secondary N) is 1. The maximum Gasteiger partial charge on any atom is 0.0718 e. The number of rotatable bonds is 4. The van der Waals surface area contributed by atoms with Crippen molar-refractivity contribution in [3.05, 3.63) is 63.9 Å². The number of benzene rings is 1. The second-order valence-corrected chi connectivity index (χ2v) is 5.26. The maximum absolute atomic E-state index is 4.45. The van der Waals surface area contributed by atoms with E-state index in [1.165, 1.54) is 11.1 Å². The zero-order chi connectivity index (χ0) is 13.0. The Bertz CT molecular complexity index is 508. The summed E-state index contributed by atoms with van der Waals surface area (Å²) in [4.78, 5) is 4.45. The highest BCUT2D eigenvalue weighted by Gasteiger charge is 2.14. The molecular weight excluding hydrogens is 288 g/mol. The molecule has 0 amide bonds. The SMILES string of the molecule is CNC(Cc1ccc(C)cc1)c1ncccc1Br. The van der Waals surface area contributed by atoms with Gasteiger partial charge in [-0.2, -0.15) is 0 Å². The van der Waals surface area contributed by atoms with Gasteiger partial charge in [-0.05, 0) is 54.0 Å². The van der Waals surface area contributed by atoms with Crippen LogP contribution in [0.5, 0.6) is 0 Å². The van der Waals surface area contributed by atoms with Crippen molar-refractivity contribution in [2.75, 3.05) is 7.05 Å². The van der Waals surface area contributed by atoms with Crippen LogP contribution in [0.4, 0.5) is 0 Å². The lowest BCUT2D eigenvalue weighted by atomic mass is 10.0. The number of hydrogen-bond acceptors (Lipinski definition) is 2. The Hall–Kier alpha value is -1.19. The molecule has 94 valence electrons. The van der Waals surface area contributed by atoms with Gasteiger partial charge in [0.2, 0.25) is 0 Å². The highest BCUT2D eigenvalue weighted by molar-refractivity contribution is 9.10. The van der Waals surface area contributed by atoms with Crippen LogP contribution in [-0.2, 0) is 6.42 Å². The zero-order valence-electron chi connectivity index (χ0n) is 10.7. The van der Waals surface area contributed by atoms with Crippen molar-refractivity contribution < 1.29 is 0 Å². The third kappa shape index (κ3) is 3.18. The first-order chi connectivity index (χ1) is 8.70. The van der Waals surface area contributed by atoms with Gasteiger partial charge in [0.15, 0.2) is 0 Å². The number of halogens is 1. The van der Waals surface area contributed by atoms with Crippen LogP contribution in [0.3, 0.4) is 0 Å². The third-order valence-electron chi connectivity index (χ3n) is 3.03. The van der Waals surface area contributed by atoms with Crippen molar-refractivity contribution in [1.82, 2.24) is 10.3 Å². The van der Waals surface area contributed by atoms with Crippen molar-refractivity contribution in [3.8, 4) is 0 Å². The van der Waals surface area contributed by atoms with E-state index in [-0.39, 0.29) is 6.04 Å². The fourth-order valence-corrected chi connectivity index (χ4v) is 2.48. The minimum absolute atomic E-state index is 0.225. The molecule has 1 unspecified atom stereocenters. The standard InChI is InChI=1S/C15H17BrN2/c1-11-5-7-12(8-6-11)10-14(17-2)15-13(16)4-3-9-18-15/h3-9,14,17H,10H2,1-2H3. The third-order valence-corrected chi connectivity index (χ3v) is 3.70. The molecule has 1 aromatic heterocycles. The van der Waals surface area contributed by atoms with Crippen molar-refractivity contribution in [2.24, 2.45) is 0 Å². The molecule has 0 saturated heterocycles. The van der Waals surface area contributed by atoms with Crippen LogP contribution in [0.25, 0.3) is 0 Å². The number of likely N-dealkylation sites (N-methyl/N-ethyl adjacent to an activating group) is 1. The first-order valence-corrected chi connectivity index (χ1v) is 6.83. The van der Waals surface area contributed by atoms with Gasteiger partial charge >= 0.3 is 0 Å². The molecule has 2 nitrogen and oxygen atoms in total. The summed E-state index contributed by atoms with van der Waals surface area (Å²) in [6.45, 7) is 2.11. The highest BCUT2D eigenvalue weighted by atomic mass is 79.9. The summed E-state index contributed by atoms with van der Waals surface area (Å²) in [6.07, 6.45) is 2.77. The van der Waals surface area contributed by atoms with Gasteiger partial charge in [-0.25, -0.2) is 0 Å². The average Bonchev–Trinajstić information content (AvgIpc) is 2.39. The average molecular weight is 305 g/mol. The van der Waals surface area contributed by atoms with Gasteiger partial charge in [-0.3, -0.25) is 4.98 Å². The highest BCUT2D eigenvalue weighted by Crippen LogP contribution is 2.23. The molecule has 0 radical (unpaired) electrons. The summed E-state index contributed by atoms with van der Waals surface area (Å²) in [5.41, 5.74) is 3.66. The summed E-state index contributed by atoms with van der Waals surface area (Å²) >= 11 is 3.56. The lowest BCUT2D eigenvalue weighted by Crippen LogP contribution is -2.20. The van der Waals surface area contributed by atoms with Crippen molar-refractivity contribution >= 4 is 15.9 Å². The summed E-state index contributed by atoms with van der Waals surface area (Å²) in [5, 5.41) is 3.33. The Morgan fingerprint density at radius 2 is 1.94 bits per heavy atom. The molecular formula is C15H17BrN2. The van der Waals surface area contributed by atoms with Crippen LogP contribution in [0.1, 0.15) is 22.9 Å². The van der Waals surface area contributed by atoms with E-state index in [0.717, 1.165) is 16.6 Å². The number of aryl methyl sites for hydroxylation is 1. The molecule has 0 bridgehead atoms. The van der Waals surface area contributed by atoms with Crippen LogP contribution in [-0.4, -0.2) is 12.0 Å². The van der Waals surface area contributed by atoms with E-state index in [0.29, 0.717) is 0 Å². The predicted octanol–water partition coefficient (Wildman–Crippen LogP) is 3.66. The summed E-state index contributed by atoms with van der Waals surface area (Å²) < 4.78 is 1.05. The van der Waals surface area contributed by atoms with E-state index < -0.39 is 0 Å². The summed E-state index contributed by atoms with van der Waals surface area (Å²) in [6, 6.07) is 12.8. The Morgan fingerprint density at radius 1 is 1.22 bits per heavy atom. The quantitative estimate of drug-likeness (QED) is 0.932. The molecule has 2 rings (SSSR count). The Morgan fingerprint density at radius 3 is 2.56 bits per heavy atom. The van der Waals surface area contributed by atoms with Gasteiger partial charge < -0.3 is 5.32 Å². The lowest BCUT2D eigenvalue weighted by Gasteiger charge is -2.17. The lowest BCUT2D eigenvalue weighted by molar-refractivity contribution is 0.573. The zero-order valence-corrected chi connectivity index (χ0v) is 12.2. The molecule has 0 aliphatic rings. The van der Waals surface area contributed by atoms with Crippen LogP contribution >= 0.6 is 15.9 Å². The molecule has 2 aromatic rings. The summed E-state index contributed by atoms with van der Waals surface area (Å²) in [7, 11) is 1.97. The second-order valence-electron chi connectivity index (χ2n) is 4.40. The van der Waals surface area contributed by atoms with Crippen molar-refractivity contribution in [3.63, 3.8) is 0 Å². The molecule has 0 aliphatic carbocycles. The van der Waals surface area contributed by atoms with Gasteiger partial charge in [0.25, 0.3) is 0 Å². The fraction of sp³-hybridized carbons (Fsp3) is 0.267. The molecule has 0 fully saturated rings. The monoisotopic (exact) mass is 304 g/mol. The topological polar surface area (TPSA) is 24.9 Å². The van der Waals surface area contributed by atoms with E-state index in [1.54, 1.807) is 0 Å². The Balaban J connectivity index is 2.20. The molecule has 1 N–H and O–H groups in total. The van der Waals surface area contributed by atoms with Crippen LogP contribution < -0.4 is 5.32 Å². The normalized spacial score (nSPS) is 12.4. The maximum atomic E-state index is 4.45. The Labute approximate surface area is 117 Å². The number of hydrogen-bond donors (Lipinski definition) is 1. The van der Waals surface area contributed by atoms with Gasteiger partial charge in [0.05, 0.1) is 11.7 Å². The van der Waals surface area contributed by atoms with E-state index in [2.05, 4.69) is 57.4 Å². The predicted molar refractivity (Wildman–Crippen MR) is 78.6 cm³/mol. The molecule has 0 spiro atoms. The van der Waals surface area contributed by atoms with Crippen LogP contribution in [0.15, 0.2) is 47.1 Å². The van der Waals surface area contributed by atoms with Gasteiger partial charge in [0, 0.05) is 10.7 Å². The number of aromatic nitrogens is 1. The molecule has 1 heterocycles. The van der Waals surface area contributed by atoms with Gasteiger partial charge in [-0.15, -0.1) is 0 Å². The molecule has 18 heavy (non-hydrogen) atoms. The van der Waals surface area contributed by atoms with E-state index in [4.69, 9.17) is 0 Å². The summed E-state index contributed by atoms with van der Waals surface area (Å²) in [5.74, 6) is 0. The van der Waals surface area contributed by atoms with Gasteiger partial charge in [0.1, 0.15) is 0 Å². The molecule has 3 heteroatoms. The van der Waals surface area contributed by atoms with E-state index >= 15 is 0 Å². The first kappa shape index (κ1) is 13.2. The van der Waals surface area contributed by atoms with E-state index in [9.17, 15) is 0 Å². The van der Waals surface area contributed by atoms with Gasteiger partial charge in [-0.1, -0.05) is 29.8 Å². The molecule has 0 aliphatic heterocycles. The molecule has 0 saturated carbocycles. The first-order valence-electron chi connectivity index (χ1n) is 6.04. The number of pyridine rings is 1.